The highest BCUT2D eigenvalue weighted by Gasteiger charge is 2.14. The molecule has 0 N–H and O–H groups in total. The van der Waals surface area contributed by atoms with Gasteiger partial charge in [0.2, 0.25) is 0 Å². The van der Waals surface area contributed by atoms with Gasteiger partial charge in [0.1, 0.15) is 17.9 Å². The predicted molar refractivity (Wildman–Crippen MR) is 50.5 cm³/mol. The van der Waals surface area contributed by atoms with Crippen LogP contribution in [0.5, 0.6) is 0 Å². The summed E-state index contributed by atoms with van der Waals surface area (Å²) in [5.74, 6) is -1.29. The van der Waals surface area contributed by atoms with Crippen LogP contribution in [0.3, 0.4) is 0 Å². The number of halogens is 3. The van der Waals surface area contributed by atoms with Crippen LogP contribution in [0, 0.1) is 18.6 Å². The minimum atomic E-state index is -0.888. The largest absolute Gasteiger partial charge is 0.302 e. The first-order valence-corrected chi connectivity index (χ1v) is 4.52. The fraction of sp³-hybridized carbons (Fsp3) is 0.300. The lowest BCUT2D eigenvalue weighted by molar-refractivity contribution is -0.107. The van der Waals surface area contributed by atoms with Gasteiger partial charge in [-0.05, 0) is 18.6 Å². The summed E-state index contributed by atoms with van der Waals surface area (Å²) in [5, 5.41) is -0.888. The first-order chi connectivity index (χ1) is 6.56. The number of hydrogen-bond donors (Lipinski definition) is 0. The average Bonchev–Trinajstić information content (AvgIpc) is 2.18. The summed E-state index contributed by atoms with van der Waals surface area (Å²) in [7, 11) is 0. The molecule has 1 rings (SSSR count). The summed E-state index contributed by atoms with van der Waals surface area (Å²) in [6.07, 6.45) is 0.340. The van der Waals surface area contributed by atoms with Crippen molar-refractivity contribution >= 4 is 17.9 Å². The van der Waals surface area contributed by atoms with Crippen LogP contribution in [-0.4, -0.2) is 11.7 Å². The van der Waals surface area contributed by atoms with Gasteiger partial charge in [0.05, 0.1) is 5.38 Å². The van der Waals surface area contributed by atoms with Crippen molar-refractivity contribution in [1.82, 2.24) is 0 Å². The zero-order valence-corrected chi connectivity index (χ0v) is 8.31. The van der Waals surface area contributed by atoms with Crippen LogP contribution in [0.4, 0.5) is 8.78 Å². The number of carbonyl (C=O) groups excluding carboxylic acids is 1. The molecular weight excluding hydrogens is 210 g/mol. The van der Waals surface area contributed by atoms with E-state index in [1.54, 1.807) is 0 Å². The molecule has 14 heavy (non-hydrogen) atoms. The second-order valence-corrected chi connectivity index (χ2v) is 3.57. The maximum absolute atomic E-state index is 13.3. The van der Waals surface area contributed by atoms with Crippen LogP contribution >= 0.6 is 11.6 Å². The molecule has 0 bridgehead atoms. The smallest absolute Gasteiger partial charge is 0.138 e. The molecule has 76 valence electrons. The summed E-state index contributed by atoms with van der Waals surface area (Å²) in [5.41, 5.74) is 0.216. The van der Waals surface area contributed by atoms with Gasteiger partial charge in [0.15, 0.2) is 0 Å². The van der Waals surface area contributed by atoms with Crippen LogP contribution in [0.2, 0.25) is 0 Å². The van der Waals surface area contributed by atoms with Crippen LogP contribution in [0.1, 0.15) is 11.1 Å². The Kier molecular flexibility index (Phi) is 3.58. The number of alkyl halides is 1. The van der Waals surface area contributed by atoms with Crippen molar-refractivity contribution in [2.45, 2.75) is 18.7 Å². The van der Waals surface area contributed by atoms with Gasteiger partial charge < -0.3 is 4.79 Å². The average molecular weight is 219 g/mol. The van der Waals surface area contributed by atoms with E-state index in [-0.39, 0.29) is 12.0 Å². The van der Waals surface area contributed by atoms with Crippen LogP contribution in [0.15, 0.2) is 12.1 Å². The van der Waals surface area contributed by atoms with E-state index >= 15 is 0 Å². The lowest BCUT2D eigenvalue weighted by atomic mass is 10.1. The van der Waals surface area contributed by atoms with E-state index in [0.29, 0.717) is 11.8 Å². The molecule has 0 fully saturated rings. The molecule has 0 aliphatic heterocycles. The van der Waals surface area contributed by atoms with E-state index in [1.807, 2.05) is 0 Å². The number of hydrogen-bond acceptors (Lipinski definition) is 1. The van der Waals surface area contributed by atoms with Gasteiger partial charge in [-0.1, -0.05) is 6.07 Å². The van der Waals surface area contributed by atoms with Gasteiger partial charge >= 0.3 is 0 Å². The topological polar surface area (TPSA) is 17.1 Å². The molecule has 0 amide bonds. The van der Waals surface area contributed by atoms with Crippen molar-refractivity contribution in [3.8, 4) is 0 Å². The van der Waals surface area contributed by atoms with Crippen molar-refractivity contribution in [2.75, 3.05) is 0 Å². The predicted octanol–water partition coefficient (Wildman–Crippen LogP) is 2.62. The third-order valence-electron chi connectivity index (χ3n) is 1.93. The first-order valence-electron chi connectivity index (χ1n) is 4.09. The number of carbonyl (C=O) groups is 1. The Hall–Kier alpha value is -0.960. The van der Waals surface area contributed by atoms with E-state index in [4.69, 9.17) is 11.6 Å². The van der Waals surface area contributed by atoms with Crippen LogP contribution in [-0.2, 0) is 11.2 Å². The monoisotopic (exact) mass is 218 g/mol. The third kappa shape index (κ3) is 2.29. The Morgan fingerprint density at radius 1 is 1.50 bits per heavy atom. The molecule has 0 saturated carbocycles. The zero-order valence-electron chi connectivity index (χ0n) is 7.56. The van der Waals surface area contributed by atoms with E-state index in [0.717, 1.165) is 0 Å². The molecule has 0 aliphatic rings. The molecule has 1 atom stereocenters. The molecule has 4 heteroatoms. The molecule has 1 unspecified atom stereocenters. The maximum atomic E-state index is 13.3. The Bertz CT molecular complexity index is 352. The lowest BCUT2D eigenvalue weighted by Crippen LogP contribution is -2.09. The maximum Gasteiger partial charge on any atom is 0.138 e. The molecule has 0 radical (unpaired) electrons. The summed E-state index contributed by atoms with van der Waals surface area (Å²) < 4.78 is 26.5. The van der Waals surface area contributed by atoms with Crippen molar-refractivity contribution in [2.24, 2.45) is 0 Å². The molecule has 0 saturated heterocycles. The molecular formula is C10H9ClF2O. The standard InChI is InChI=1S/C10H9ClF2O/c1-6-2-3-9(12)8(10(6)13)4-7(11)5-14/h2-3,5,7H,4H2,1H3. The van der Waals surface area contributed by atoms with Crippen molar-refractivity contribution in [3.63, 3.8) is 0 Å². The first kappa shape index (κ1) is 11.1. The quantitative estimate of drug-likeness (QED) is 0.563. The van der Waals surface area contributed by atoms with Crippen LogP contribution in [0.25, 0.3) is 0 Å². The minimum absolute atomic E-state index is 0.121. The molecule has 0 aromatic heterocycles. The Balaban J connectivity index is 3.06. The second-order valence-electron chi connectivity index (χ2n) is 3.01. The minimum Gasteiger partial charge on any atom is -0.302 e. The fourth-order valence-electron chi connectivity index (χ4n) is 1.14. The Morgan fingerprint density at radius 2 is 2.14 bits per heavy atom. The second kappa shape index (κ2) is 4.51. The summed E-state index contributed by atoms with van der Waals surface area (Å²) in [6.45, 7) is 1.53. The van der Waals surface area contributed by atoms with Crippen LogP contribution < -0.4 is 0 Å². The number of aldehydes is 1. The van der Waals surface area contributed by atoms with Crippen molar-refractivity contribution < 1.29 is 13.6 Å². The van der Waals surface area contributed by atoms with E-state index < -0.39 is 17.0 Å². The van der Waals surface area contributed by atoms with Gasteiger partial charge in [-0.25, -0.2) is 8.78 Å². The lowest BCUT2D eigenvalue weighted by Gasteiger charge is -2.07. The normalized spacial score (nSPS) is 12.6. The summed E-state index contributed by atoms with van der Waals surface area (Å²) >= 11 is 5.49. The molecule has 0 aliphatic carbocycles. The molecule has 1 aromatic carbocycles. The fourth-order valence-corrected chi connectivity index (χ4v) is 1.30. The molecule has 0 spiro atoms. The van der Waals surface area contributed by atoms with Crippen molar-refractivity contribution in [1.29, 1.82) is 0 Å². The molecule has 1 nitrogen and oxygen atoms in total. The van der Waals surface area contributed by atoms with E-state index in [9.17, 15) is 13.6 Å². The van der Waals surface area contributed by atoms with Gasteiger partial charge in [-0.2, -0.15) is 0 Å². The summed E-state index contributed by atoms with van der Waals surface area (Å²) in [6, 6.07) is 2.51. The zero-order chi connectivity index (χ0) is 10.7. The molecule has 1 aromatic rings. The Morgan fingerprint density at radius 3 is 2.71 bits per heavy atom. The van der Waals surface area contributed by atoms with Crippen molar-refractivity contribution in [3.05, 3.63) is 34.9 Å². The van der Waals surface area contributed by atoms with Gasteiger partial charge in [-0.3, -0.25) is 0 Å². The Labute approximate surface area is 85.7 Å². The number of rotatable bonds is 3. The highest BCUT2D eigenvalue weighted by molar-refractivity contribution is 6.27. The van der Waals surface area contributed by atoms with Gasteiger partial charge in [-0.15, -0.1) is 11.6 Å². The SMILES string of the molecule is Cc1ccc(F)c(CC(Cl)C=O)c1F. The highest BCUT2D eigenvalue weighted by Crippen LogP contribution is 2.18. The highest BCUT2D eigenvalue weighted by atomic mass is 35.5. The molecule has 0 heterocycles. The van der Waals surface area contributed by atoms with E-state index in [1.165, 1.54) is 19.1 Å². The third-order valence-corrected chi connectivity index (χ3v) is 2.18. The summed E-state index contributed by atoms with van der Waals surface area (Å²) in [4.78, 5) is 10.2. The number of aryl methyl sites for hydroxylation is 1. The van der Waals surface area contributed by atoms with Gasteiger partial charge in [0, 0.05) is 12.0 Å². The number of benzene rings is 1. The van der Waals surface area contributed by atoms with E-state index in [2.05, 4.69) is 0 Å². The van der Waals surface area contributed by atoms with Gasteiger partial charge in [0.25, 0.3) is 0 Å².